The number of rotatable bonds is 5. The average molecular weight is 408 g/mol. The molecular formula is C19H30ClN7O. The Morgan fingerprint density at radius 2 is 2.14 bits per heavy atom. The number of H-pyrrole nitrogens is 1. The molecule has 4 rings (SSSR count). The summed E-state index contributed by atoms with van der Waals surface area (Å²) in [6.45, 7) is 9.12. The molecule has 8 nitrogen and oxygen atoms in total. The van der Waals surface area contributed by atoms with Crippen molar-refractivity contribution in [3.63, 3.8) is 0 Å². The van der Waals surface area contributed by atoms with Crippen LogP contribution in [0, 0.1) is 0 Å². The predicted molar refractivity (Wildman–Crippen MR) is 110 cm³/mol. The highest BCUT2D eigenvalue weighted by Gasteiger charge is 2.27. The van der Waals surface area contributed by atoms with Gasteiger partial charge in [-0.1, -0.05) is 6.92 Å². The molecule has 2 aromatic heterocycles. The van der Waals surface area contributed by atoms with Gasteiger partial charge in [-0.2, -0.15) is 10.2 Å². The number of carbonyl (C=O) groups is 1. The van der Waals surface area contributed by atoms with Gasteiger partial charge >= 0.3 is 0 Å². The zero-order chi connectivity index (χ0) is 18.6. The number of halogens is 1. The summed E-state index contributed by atoms with van der Waals surface area (Å²) in [5.74, 6) is 0.0637. The number of nitrogens with one attached hydrogen (secondary N) is 2. The summed E-state index contributed by atoms with van der Waals surface area (Å²) in [5, 5.41) is 15.1. The summed E-state index contributed by atoms with van der Waals surface area (Å²) in [6.07, 6.45) is 7.09. The van der Waals surface area contributed by atoms with E-state index < -0.39 is 0 Å². The Balaban J connectivity index is 0.00000225. The lowest BCUT2D eigenvalue weighted by atomic mass is 10.1. The topological polar surface area (TPSA) is 82.1 Å². The molecule has 2 aliphatic rings. The number of aromatic amines is 1. The molecule has 9 heteroatoms. The Hall–Kier alpha value is -1.90. The van der Waals surface area contributed by atoms with Crippen molar-refractivity contribution >= 4 is 18.3 Å². The lowest BCUT2D eigenvalue weighted by Gasteiger charge is -2.22. The number of nitrogens with zero attached hydrogens (tertiary/aromatic N) is 5. The average Bonchev–Trinajstić information content (AvgIpc) is 3.23. The van der Waals surface area contributed by atoms with Gasteiger partial charge in [0.25, 0.3) is 5.91 Å². The molecule has 0 atom stereocenters. The largest absolute Gasteiger partial charge is 0.336 e. The van der Waals surface area contributed by atoms with Crippen LogP contribution in [0.5, 0.6) is 0 Å². The summed E-state index contributed by atoms with van der Waals surface area (Å²) in [7, 11) is 0. The molecule has 0 spiro atoms. The van der Waals surface area contributed by atoms with E-state index in [9.17, 15) is 4.79 Å². The van der Waals surface area contributed by atoms with E-state index in [1.54, 1.807) is 0 Å². The summed E-state index contributed by atoms with van der Waals surface area (Å²) < 4.78 is 2.01. The van der Waals surface area contributed by atoms with Gasteiger partial charge in [-0.25, -0.2) is 0 Å². The Morgan fingerprint density at radius 1 is 1.25 bits per heavy atom. The van der Waals surface area contributed by atoms with Gasteiger partial charge in [0.15, 0.2) is 5.69 Å². The first-order valence-corrected chi connectivity index (χ1v) is 10.0. The maximum atomic E-state index is 13.0. The number of hydrogen-bond acceptors (Lipinski definition) is 5. The van der Waals surface area contributed by atoms with Crippen LogP contribution >= 0.6 is 12.4 Å². The van der Waals surface area contributed by atoms with Crippen LogP contribution in [-0.4, -0.2) is 68.4 Å². The third-order valence-electron chi connectivity index (χ3n) is 5.43. The molecule has 0 saturated carbocycles. The molecule has 4 heterocycles. The highest BCUT2D eigenvalue weighted by molar-refractivity contribution is 5.94. The summed E-state index contributed by atoms with van der Waals surface area (Å²) in [4.78, 5) is 17.4. The molecule has 1 amide bonds. The van der Waals surface area contributed by atoms with Gasteiger partial charge in [-0.3, -0.25) is 19.5 Å². The molecule has 0 unspecified atom stereocenters. The molecule has 0 aromatic carbocycles. The lowest BCUT2D eigenvalue weighted by Crippen LogP contribution is -2.36. The van der Waals surface area contributed by atoms with Crippen molar-refractivity contribution in [3.8, 4) is 0 Å². The van der Waals surface area contributed by atoms with Crippen LogP contribution in [-0.2, 0) is 26.1 Å². The first kappa shape index (κ1) is 20.8. The van der Waals surface area contributed by atoms with Crippen molar-refractivity contribution < 1.29 is 4.79 Å². The zero-order valence-corrected chi connectivity index (χ0v) is 17.3. The van der Waals surface area contributed by atoms with Crippen molar-refractivity contribution in [2.24, 2.45) is 0 Å². The number of aromatic nitrogens is 4. The number of carbonyl (C=O) groups excluding carboxylic acids is 1. The van der Waals surface area contributed by atoms with Crippen molar-refractivity contribution in [1.29, 1.82) is 0 Å². The molecule has 28 heavy (non-hydrogen) atoms. The van der Waals surface area contributed by atoms with E-state index in [0.29, 0.717) is 5.69 Å². The van der Waals surface area contributed by atoms with Crippen molar-refractivity contribution in [2.75, 3.05) is 32.7 Å². The Kier molecular flexibility index (Phi) is 7.09. The molecule has 0 radical (unpaired) electrons. The maximum absolute atomic E-state index is 13.0. The first-order valence-electron chi connectivity index (χ1n) is 10.0. The van der Waals surface area contributed by atoms with Gasteiger partial charge in [-0.05, 0) is 12.8 Å². The van der Waals surface area contributed by atoms with E-state index >= 15 is 0 Å². The van der Waals surface area contributed by atoms with Crippen LogP contribution in [0.4, 0.5) is 0 Å². The molecular weight excluding hydrogens is 378 g/mol. The smallest absolute Gasteiger partial charge is 0.274 e. The minimum Gasteiger partial charge on any atom is -0.336 e. The maximum Gasteiger partial charge on any atom is 0.274 e. The highest BCUT2D eigenvalue weighted by atomic mass is 35.5. The molecule has 154 valence electrons. The predicted octanol–water partition coefficient (Wildman–Crippen LogP) is 1.43. The Bertz CT molecular complexity index is 787. The molecule has 0 bridgehead atoms. The van der Waals surface area contributed by atoms with Crippen LogP contribution < -0.4 is 5.32 Å². The first-order chi connectivity index (χ1) is 13.2. The molecule has 0 aliphatic carbocycles. The lowest BCUT2D eigenvalue weighted by molar-refractivity contribution is 0.0754. The standard InChI is InChI=1S/C19H29N7O.ClH/c1-2-6-26-14-15(11-21-26)13-24-7-3-8-25(10-9-24)19(27)18-16-12-20-5-4-17(16)22-23-18;/h11,14,20H,2-10,12-13H2,1H3,(H,22,23);1H. The second-order valence-corrected chi connectivity index (χ2v) is 7.49. The van der Waals surface area contributed by atoms with Gasteiger partial charge in [0.05, 0.1) is 6.20 Å². The zero-order valence-electron chi connectivity index (χ0n) is 16.5. The van der Waals surface area contributed by atoms with Crippen LogP contribution in [0.1, 0.15) is 47.1 Å². The van der Waals surface area contributed by atoms with E-state index in [-0.39, 0.29) is 18.3 Å². The Labute approximate surface area is 172 Å². The molecule has 2 aliphatic heterocycles. The van der Waals surface area contributed by atoms with Crippen molar-refractivity contribution in [3.05, 3.63) is 34.9 Å². The fourth-order valence-electron chi connectivity index (χ4n) is 3.98. The van der Waals surface area contributed by atoms with Gasteiger partial charge in [0.1, 0.15) is 0 Å². The number of hydrogen-bond donors (Lipinski definition) is 2. The summed E-state index contributed by atoms with van der Waals surface area (Å²) in [6, 6.07) is 0. The number of fused-ring (bicyclic) bond motifs is 1. The van der Waals surface area contributed by atoms with Gasteiger partial charge in [0, 0.05) is 81.8 Å². The van der Waals surface area contributed by atoms with Gasteiger partial charge < -0.3 is 10.2 Å². The van der Waals surface area contributed by atoms with Gasteiger partial charge in [0.2, 0.25) is 0 Å². The van der Waals surface area contributed by atoms with E-state index in [4.69, 9.17) is 0 Å². The second kappa shape index (κ2) is 9.54. The van der Waals surface area contributed by atoms with Crippen LogP contribution in [0.3, 0.4) is 0 Å². The second-order valence-electron chi connectivity index (χ2n) is 7.49. The molecule has 1 saturated heterocycles. The minimum absolute atomic E-state index is 0. The summed E-state index contributed by atoms with van der Waals surface area (Å²) in [5.41, 5.74) is 4.01. The van der Waals surface area contributed by atoms with E-state index in [1.807, 2.05) is 15.8 Å². The SMILES string of the molecule is CCCn1cc(CN2CCCN(C(=O)c3n[nH]c4c3CNCC4)CC2)cn1.Cl. The Morgan fingerprint density at radius 3 is 3.00 bits per heavy atom. The monoisotopic (exact) mass is 407 g/mol. The molecule has 1 fully saturated rings. The minimum atomic E-state index is 0. The molecule has 2 aromatic rings. The van der Waals surface area contributed by atoms with Crippen molar-refractivity contribution in [2.45, 2.75) is 45.8 Å². The van der Waals surface area contributed by atoms with E-state index in [1.165, 1.54) is 5.56 Å². The van der Waals surface area contributed by atoms with Crippen molar-refractivity contribution in [1.82, 2.24) is 35.1 Å². The van der Waals surface area contributed by atoms with Crippen LogP contribution in [0.25, 0.3) is 0 Å². The van der Waals surface area contributed by atoms with E-state index in [0.717, 1.165) is 82.9 Å². The van der Waals surface area contributed by atoms with E-state index in [2.05, 4.69) is 38.6 Å². The van der Waals surface area contributed by atoms with Gasteiger partial charge in [-0.15, -0.1) is 12.4 Å². The fourth-order valence-corrected chi connectivity index (χ4v) is 3.98. The van der Waals surface area contributed by atoms with Crippen LogP contribution in [0.2, 0.25) is 0 Å². The number of aryl methyl sites for hydroxylation is 1. The summed E-state index contributed by atoms with van der Waals surface area (Å²) >= 11 is 0. The number of amides is 1. The third kappa shape index (κ3) is 4.56. The fraction of sp³-hybridized carbons (Fsp3) is 0.632. The molecule has 2 N–H and O–H groups in total. The third-order valence-corrected chi connectivity index (χ3v) is 5.43. The highest BCUT2D eigenvalue weighted by Crippen LogP contribution is 2.18. The quantitative estimate of drug-likeness (QED) is 0.783. The normalized spacial score (nSPS) is 17.7. The van der Waals surface area contributed by atoms with Crippen LogP contribution in [0.15, 0.2) is 12.4 Å².